The van der Waals surface area contributed by atoms with Gasteiger partial charge in [-0.1, -0.05) is 12.1 Å². The van der Waals surface area contributed by atoms with Gasteiger partial charge in [0.2, 0.25) is 0 Å². The van der Waals surface area contributed by atoms with Gasteiger partial charge >= 0.3 is 0 Å². The summed E-state index contributed by atoms with van der Waals surface area (Å²) in [6.45, 7) is 8.82. The quantitative estimate of drug-likeness (QED) is 0.749. The van der Waals surface area contributed by atoms with Crippen molar-refractivity contribution in [1.82, 2.24) is 25.5 Å². The normalized spacial score (nSPS) is 28.9. The molecule has 78 valence electrons. The zero-order valence-electron chi connectivity index (χ0n) is 8.99. The molecule has 0 amide bonds. The molecule has 5 nitrogen and oxygen atoms in total. The van der Waals surface area contributed by atoms with Gasteiger partial charge in [0.15, 0.2) is 5.82 Å². The van der Waals surface area contributed by atoms with Crippen LogP contribution in [0.4, 0.5) is 0 Å². The Morgan fingerprint density at radius 1 is 1.50 bits per heavy atom. The molecule has 14 heavy (non-hydrogen) atoms. The minimum atomic E-state index is 0.0806. The van der Waals surface area contributed by atoms with E-state index in [9.17, 15) is 0 Å². The molecule has 2 heterocycles. The molecule has 1 fully saturated rings. The highest BCUT2D eigenvalue weighted by atomic mass is 15.5. The molecule has 2 rings (SSSR count). The van der Waals surface area contributed by atoms with Gasteiger partial charge < -0.3 is 0 Å². The second-order valence-corrected chi connectivity index (χ2v) is 4.61. The molecule has 0 aromatic carbocycles. The molecular weight excluding hydrogens is 178 g/mol. The first kappa shape index (κ1) is 9.58. The zero-order valence-corrected chi connectivity index (χ0v) is 8.99. The van der Waals surface area contributed by atoms with Crippen molar-refractivity contribution in [2.75, 3.05) is 13.1 Å². The minimum Gasteiger partial charge on any atom is -0.300 e. The molecular formula is C9H17N5. The van der Waals surface area contributed by atoms with E-state index >= 15 is 0 Å². The molecule has 1 atom stereocenters. The van der Waals surface area contributed by atoms with E-state index in [0.29, 0.717) is 6.04 Å². The molecule has 1 saturated heterocycles. The number of hydrogen-bond acceptors (Lipinski definition) is 4. The lowest BCUT2D eigenvalue weighted by Crippen LogP contribution is -2.33. The number of nitrogens with zero attached hydrogens (tertiary/aromatic N) is 4. The van der Waals surface area contributed by atoms with E-state index in [0.717, 1.165) is 25.3 Å². The molecule has 1 aliphatic rings. The monoisotopic (exact) mass is 195 g/mol. The number of likely N-dealkylation sites (tertiary alicyclic amines) is 1. The van der Waals surface area contributed by atoms with Crippen LogP contribution in [-0.2, 0) is 5.41 Å². The van der Waals surface area contributed by atoms with Crippen molar-refractivity contribution < 1.29 is 0 Å². The summed E-state index contributed by atoms with van der Waals surface area (Å²) < 4.78 is 0. The highest BCUT2D eigenvalue weighted by Crippen LogP contribution is 2.32. The van der Waals surface area contributed by atoms with Gasteiger partial charge in [-0.05, 0) is 26.8 Å². The molecule has 0 aliphatic carbocycles. The fourth-order valence-electron chi connectivity index (χ4n) is 2.04. The molecule has 0 bridgehead atoms. The molecule has 5 heteroatoms. The van der Waals surface area contributed by atoms with Gasteiger partial charge in [0, 0.05) is 18.0 Å². The fourth-order valence-corrected chi connectivity index (χ4v) is 2.04. The van der Waals surface area contributed by atoms with Crippen molar-refractivity contribution in [3.05, 3.63) is 5.82 Å². The van der Waals surface area contributed by atoms with Crippen molar-refractivity contribution in [2.24, 2.45) is 0 Å². The van der Waals surface area contributed by atoms with Gasteiger partial charge in [0.05, 0.1) is 0 Å². The Morgan fingerprint density at radius 3 is 2.79 bits per heavy atom. The van der Waals surface area contributed by atoms with Gasteiger partial charge in [-0.15, -0.1) is 10.2 Å². The lowest BCUT2D eigenvalue weighted by atomic mass is 9.89. The third-order valence-electron chi connectivity index (χ3n) is 3.12. The maximum atomic E-state index is 4.09. The number of aromatic nitrogens is 4. The van der Waals surface area contributed by atoms with Crippen LogP contribution in [-0.4, -0.2) is 44.7 Å². The summed E-state index contributed by atoms with van der Waals surface area (Å²) in [4.78, 5) is 2.45. The summed E-state index contributed by atoms with van der Waals surface area (Å²) in [6, 6.07) is 0.601. The summed E-state index contributed by atoms with van der Waals surface area (Å²) in [5, 5.41) is 14.3. The lowest BCUT2D eigenvalue weighted by molar-refractivity contribution is 0.257. The van der Waals surface area contributed by atoms with E-state index in [1.165, 1.54) is 0 Å². The summed E-state index contributed by atoms with van der Waals surface area (Å²) in [5.41, 5.74) is 0.0806. The number of rotatable bonds is 2. The summed E-state index contributed by atoms with van der Waals surface area (Å²) in [6.07, 6.45) is 1.12. The summed E-state index contributed by atoms with van der Waals surface area (Å²) >= 11 is 0. The van der Waals surface area contributed by atoms with Crippen molar-refractivity contribution in [3.63, 3.8) is 0 Å². The largest absolute Gasteiger partial charge is 0.300 e. The summed E-state index contributed by atoms with van der Waals surface area (Å²) in [7, 11) is 0. The minimum absolute atomic E-state index is 0.0806. The Bertz CT molecular complexity index is 294. The van der Waals surface area contributed by atoms with E-state index in [-0.39, 0.29) is 5.41 Å². The van der Waals surface area contributed by atoms with Gasteiger partial charge in [0.1, 0.15) is 0 Å². The topological polar surface area (TPSA) is 57.7 Å². The van der Waals surface area contributed by atoms with Crippen molar-refractivity contribution in [3.8, 4) is 0 Å². The van der Waals surface area contributed by atoms with E-state index in [1.54, 1.807) is 0 Å². The first-order valence-electron chi connectivity index (χ1n) is 5.10. The Morgan fingerprint density at radius 2 is 2.29 bits per heavy atom. The maximum Gasteiger partial charge on any atom is 0.181 e. The number of hydrogen-bond donors (Lipinski definition) is 1. The Hall–Kier alpha value is -0.970. The number of H-pyrrole nitrogens is 1. The second kappa shape index (κ2) is 3.31. The van der Waals surface area contributed by atoms with Crippen LogP contribution in [0.1, 0.15) is 33.0 Å². The highest BCUT2D eigenvalue weighted by molar-refractivity contribution is 5.08. The van der Waals surface area contributed by atoms with Crippen LogP contribution in [0.25, 0.3) is 0 Å². The van der Waals surface area contributed by atoms with Crippen LogP contribution in [0.5, 0.6) is 0 Å². The molecule has 1 aromatic rings. The van der Waals surface area contributed by atoms with E-state index in [4.69, 9.17) is 0 Å². The molecule has 1 unspecified atom stereocenters. The predicted molar refractivity (Wildman–Crippen MR) is 52.9 cm³/mol. The molecule has 0 spiro atoms. The van der Waals surface area contributed by atoms with Crippen LogP contribution < -0.4 is 0 Å². The third-order valence-corrected chi connectivity index (χ3v) is 3.12. The highest BCUT2D eigenvalue weighted by Gasteiger charge is 2.39. The predicted octanol–water partition coefficient (Wildman–Crippen LogP) is 0.571. The SMILES string of the molecule is CC(C)N1CCC(C)(c2nn[nH]n2)C1. The van der Waals surface area contributed by atoms with Gasteiger partial charge in [0.25, 0.3) is 0 Å². The Labute approximate surface area is 83.9 Å². The van der Waals surface area contributed by atoms with Gasteiger partial charge in [-0.2, -0.15) is 5.21 Å². The summed E-state index contributed by atoms with van der Waals surface area (Å²) in [5.74, 6) is 0.848. The maximum absolute atomic E-state index is 4.09. The van der Waals surface area contributed by atoms with Crippen LogP contribution in [0, 0.1) is 0 Å². The molecule has 1 aromatic heterocycles. The van der Waals surface area contributed by atoms with Crippen molar-refractivity contribution in [2.45, 2.75) is 38.6 Å². The molecule has 1 N–H and O–H groups in total. The lowest BCUT2D eigenvalue weighted by Gasteiger charge is -2.23. The van der Waals surface area contributed by atoms with Gasteiger partial charge in [-0.3, -0.25) is 4.90 Å². The van der Waals surface area contributed by atoms with Crippen molar-refractivity contribution in [1.29, 1.82) is 0 Å². The van der Waals surface area contributed by atoms with Crippen LogP contribution in [0.3, 0.4) is 0 Å². The number of tetrazole rings is 1. The van der Waals surface area contributed by atoms with E-state index in [1.807, 2.05) is 0 Å². The van der Waals surface area contributed by atoms with Crippen LogP contribution >= 0.6 is 0 Å². The third kappa shape index (κ3) is 1.52. The number of aromatic amines is 1. The van der Waals surface area contributed by atoms with Gasteiger partial charge in [-0.25, -0.2) is 0 Å². The second-order valence-electron chi connectivity index (χ2n) is 4.61. The smallest absolute Gasteiger partial charge is 0.181 e. The average Bonchev–Trinajstić information content (AvgIpc) is 2.71. The fraction of sp³-hybridized carbons (Fsp3) is 0.889. The standard InChI is InChI=1S/C9H17N5/c1-7(2)14-5-4-9(3,6-14)8-10-12-13-11-8/h7H,4-6H2,1-3H3,(H,10,11,12,13). The van der Waals surface area contributed by atoms with Crippen molar-refractivity contribution >= 4 is 0 Å². The average molecular weight is 195 g/mol. The van der Waals surface area contributed by atoms with E-state index < -0.39 is 0 Å². The number of nitrogens with one attached hydrogen (secondary N) is 1. The molecule has 0 saturated carbocycles. The van der Waals surface area contributed by atoms with E-state index in [2.05, 4.69) is 46.3 Å². The molecule has 0 radical (unpaired) electrons. The molecule has 1 aliphatic heterocycles. The van der Waals surface area contributed by atoms with Crippen LogP contribution in [0.2, 0.25) is 0 Å². The Kier molecular flexibility index (Phi) is 2.26. The first-order chi connectivity index (χ1) is 6.62. The zero-order chi connectivity index (χ0) is 10.2. The Balaban J connectivity index is 2.13. The van der Waals surface area contributed by atoms with Crippen LogP contribution in [0.15, 0.2) is 0 Å². The first-order valence-corrected chi connectivity index (χ1v) is 5.10.